The minimum atomic E-state index is -0.124. The third kappa shape index (κ3) is 4.53. The van der Waals surface area contributed by atoms with Gasteiger partial charge in [-0.05, 0) is 35.1 Å². The smallest absolute Gasteiger partial charge is 0.224 e. The van der Waals surface area contributed by atoms with E-state index in [0.717, 1.165) is 5.69 Å². The minimum Gasteiger partial charge on any atom is -0.326 e. The molecule has 0 aliphatic rings. The van der Waals surface area contributed by atoms with Gasteiger partial charge >= 0.3 is 0 Å². The Bertz CT molecular complexity index is 617. The number of Topliss-reactive ketones (excluding diaryl/α,β-unsaturated/α-hetero) is 1. The normalized spacial score (nSPS) is 10.6. The summed E-state index contributed by atoms with van der Waals surface area (Å²) in [6.45, 7) is 4.22. The van der Waals surface area contributed by atoms with Crippen molar-refractivity contribution in [2.75, 3.05) is 5.32 Å². The number of amides is 1. The first-order valence-corrected chi connectivity index (χ1v) is 7.90. The van der Waals surface area contributed by atoms with Crippen molar-refractivity contribution in [3.8, 4) is 0 Å². The summed E-state index contributed by atoms with van der Waals surface area (Å²) < 4.78 is 0. The zero-order chi connectivity index (χ0) is 15.2. The van der Waals surface area contributed by atoms with Crippen LogP contribution in [-0.4, -0.2) is 11.7 Å². The molecular weight excluding hydrogens is 282 g/mol. The second kappa shape index (κ2) is 7.18. The Morgan fingerprint density at radius 2 is 1.95 bits per heavy atom. The highest BCUT2D eigenvalue weighted by Gasteiger charge is 2.10. The van der Waals surface area contributed by atoms with Crippen LogP contribution < -0.4 is 5.32 Å². The first-order valence-electron chi connectivity index (χ1n) is 7.03. The molecule has 0 aliphatic carbocycles. The summed E-state index contributed by atoms with van der Waals surface area (Å²) in [6.07, 6.45) is 0.457. The predicted molar refractivity (Wildman–Crippen MR) is 87.0 cm³/mol. The Labute approximate surface area is 129 Å². The quantitative estimate of drug-likeness (QED) is 0.800. The lowest BCUT2D eigenvalue weighted by atomic mass is 10.0. The van der Waals surface area contributed by atoms with Gasteiger partial charge < -0.3 is 5.32 Å². The fourth-order valence-corrected chi connectivity index (χ4v) is 2.68. The molecule has 1 aromatic carbocycles. The van der Waals surface area contributed by atoms with Gasteiger partial charge in [-0.2, -0.15) is 0 Å². The molecule has 0 saturated heterocycles. The van der Waals surface area contributed by atoms with Crippen LogP contribution in [0.1, 0.15) is 47.8 Å². The van der Waals surface area contributed by atoms with Crippen molar-refractivity contribution < 1.29 is 9.59 Å². The van der Waals surface area contributed by atoms with Gasteiger partial charge in [0.15, 0.2) is 5.78 Å². The van der Waals surface area contributed by atoms with Crippen molar-refractivity contribution in [1.29, 1.82) is 0 Å². The number of thiophene rings is 1. The first-order chi connectivity index (χ1) is 10.1. The second-order valence-corrected chi connectivity index (χ2v) is 6.18. The average molecular weight is 301 g/mol. The average Bonchev–Trinajstić information content (AvgIpc) is 2.99. The van der Waals surface area contributed by atoms with Crippen LogP contribution in [0.5, 0.6) is 0 Å². The number of hydrogen-bond acceptors (Lipinski definition) is 3. The zero-order valence-corrected chi connectivity index (χ0v) is 13.1. The van der Waals surface area contributed by atoms with Crippen LogP contribution >= 0.6 is 11.3 Å². The van der Waals surface area contributed by atoms with Crippen LogP contribution in [-0.2, 0) is 4.79 Å². The zero-order valence-electron chi connectivity index (χ0n) is 12.3. The number of nitrogens with one attached hydrogen (secondary N) is 1. The third-order valence-corrected chi connectivity index (χ3v) is 4.12. The van der Waals surface area contributed by atoms with Crippen molar-refractivity contribution >= 4 is 28.7 Å². The molecule has 0 bridgehead atoms. The van der Waals surface area contributed by atoms with Crippen LogP contribution in [0.4, 0.5) is 5.69 Å². The highest BCUT2D eigenvalue weighted by molar-refractivity contribution is 7.12. The van der Waals surface area contributed by atoms with E-state index >= 15 is 0 Å². The molecular formula is C17H19NO2S. The fourth-order valence-electron chi connectivity index (χ4n) is 1.99. The number of hydrogen-bond donors (Lipinski definition) is 1. The van der Waals surface area contributed by atoms with Crippen LogP contribution in [0.25, 0.3) is 0 Å². The van der Waals surface area contributed by atoms with Gasteiger partial charge in [-0.25, -0.2) is 0 Å². The van der Waals surface area contributed by atoms with Gasteiger partial charge in [-0.15, -0.1) is 11.3 Å². The van der Waals surface area contributed by atoms with Gasteiger partial charge in [-0.1, -0.05) is 32.0 Å². The standard InChI is InChI=1S/C17H19NO2S/c1-12(2)13-5-3-6-14(11-13)18-17(20)9-8-15(19)16-7-4-10-21-16/h3-7,10-12H,8-9H2,1-2H3,(H,18,20). The number of benzene rings is 1. The Morgan fingerprint density at radius 3 is 2.62 bits per heavy atom. The molecule has 2 aromatic rings. The molecule has 1 N–H and O–H groups in total. The maximum absolute atomic E-state index is 11.9. The molecule has 1 amide bonds. The van der Waals surface area contributed by atoms with Gasteiger partial charge in [0, 0.05) is 18.5 Å². The van der Waals surface area contributed by atoms with E-state index in [1.807, 2.05) is 35.7 Å². The molecule has 0 saturated carbocycles. The number of ketones is 1. The molecule has 1 heterocycles. The largest absolute Gasteiger partial charge is 0.326 e. The molecule has 0 unspecified atom stereocenters. The highest BCUT2D eigenvalue weighted by Crippen LogP contribution is 2.19. The topological polar surface area (TPSA) is 46.2 Å². The van der Waals surface area contributed by atoms with Gasteiger partial charge in [0.25, 0.3) is 0 Å². The maximum Gasteiger partial charge on any atom is 0.224 e. The summed E-state index contributed by atoms with van der Waals surface area (Å²) in [5.74, 6) is 0.319. The van der Waals surface area contributed by atoms with E-state index < -0.39 is 0 Å². The number of rotatable bonds is 6. The molecule has 110 valence electrons. The highest BCUT2D eigenvalue weighted by atomic mass is 32.1. The molecule has 2 rings (SSSR count). The molecule has 3 nitrogen and oxygen atoms in total. The molecule has 0 atom stereocenters. The Hall–Kier alpha value is -1.94. The van der Waals surface area contributed by atoms with E-state index in [0.29, 0.717) is 10.8 Å². The molecule has 1 aromatic heterocycles. The van der Waals surface area contributed by atoms with E-state index in [1.165, 1.54) is 16.9 Å². The predicted octanol–water partition coefficient (Wildman–Crippen LogP) is 4.47. The summed E-state index contributed by atoms with van der Waals surface area (Å²) >= 11 is 1.41. The first kappa shape index (κ1) is 15.4. The lowest BCUT2D eigenvalue weighted by Gasteiger charge is -2.09. The Kier molecular flexibility index (Phi) is 5.28. The van der Waals surface area contributed by atoms with Crippen LogP contribution in [0.3, 0.4) is 0 Å². The van der Waals surface area contributed by atoms with Gasteiger partial charge in [0.1, 0.15) is 0 Å². The number of anilines is 1. The minimum absolute atomic E-state index is 0.0241. The number of carbonyl (C=O) groups is 2. The van der Waals surface area contributed by atoms with E-state index in [1.54, 1.807) is 6.07 Å². The third-order valence-electron chi connectivity index (χ3n) is 3.21. The van der Waals surface area contributed by atoms with E-state index in [-0.39, 0.29) is 24.5 Å². The lowest BCUT2D eigenvalue weighted by molar-refractivity contribution is -0.116. The Balaban J connectivity index is 1.87. The number of carbonyl (C=O) groups excluding carboxylic acids is 2. The summed E-state index contributed by atoms with van der Waals surface area (Å²) in [4.78, 5) is 24.5. The van der Waals surface area contributed by atoms with Gasteiger partial charge in [0.2, 0.25) is 5.91 Å². The molecule has 0 fully saturated rings. The summed E-state index contributed by atoms with van der Waals surface area (Å²) in [5, 5.41) is 4.72. The monoisotopic (exact) mass is 301 g/mol. The fraction of sp³-hybridized carbons (Fsp3) is 0.294. The summed E-state index contributed by atoms with van der Waals surface area (Å²) in [5.41, 5.74) is 1.97. The summed E-state index contributed by atoms with van der Waals surface area (Å²) in [7, 11) is 0. The van der Waals surface area contributed by atoms with Crippen molar-refractivity contribution in [3.05, 3.63) is 52.2 Å². The SMILES string of the molecule is CC(C)c1cccc(NC(=O)CCC(=O)c2cccs2)c1. The summed E-state index contributed by atoms with van der Waals surface area (Å²) in [6, 6.07) is 11.4. The molecule has 21 heavy (non-hydrogen) atoms. The van der Waals surface area contributed by atoms with Crippen molar-refractivity contribution in [1.82, 2.24) is 0 Å². The van der Waals surface area contributed by atoms with Gasteiger partial charge in [0.05, 0.1) is 4.88 Å². The van der Waals surface area contributed by atoms with Gasteiger partial charge in [-0.3, -0.25) is 9.59 Å². The van der Waals surface area contributed by atoms with Crippen molar-refractivity contribution in [3.63, 3.8) is 0 Å². The molecule has 4 heteroatoms. The Morgan fingerprint density at radius 1 is 1.14 bits per heavy atom. The van der Waals surface area contributed by atoms with Crippen LogP contribution in [0.2, 0.25) is 0 Å². The van der Waals surface area contributed by atoms with E-state index in [2.05, 4.69) is 19.2 Å². The molecule has 0 radical (unpaired) electrons. The van der Waals surface area contributed by atoms with Crippen LogP contribution in [0.15, 0.2) is 41.8 Å². The van der Waals surface area contributed by atoms with Crippen LogP contribution in [0, 0.1) is 0 Å². The molecule has 0 aliphatic heterocycles. The van der Waals surface area contributed by atoms with Crippen molar-refractivity contribution in [2.24, 2.45) is 0 Å². The lowest BCUT2D eigenvalue weighted by Crippen LogP contribution is -2.13. The van der Waals surface area contributed by atoms with E-state index in [9.17, 15) is 9.59 Å². The van der Waals surface area contributed by atoms with Crippen molar-refractivity contribution in [2.45, 2.75) is 32.6 Å². The van der Waals surface area contributed by atoms with E-state index in [4.69, 9.17) is 0 Å². The molecule has 0 spiro atoms. The second-order valence-electron chi connectivity index (χ2n) is 5.23. The maximum atomic E-state index is 11.9.